The van der Waals surface area contributed by atoms with Gasteiger partial charge in [-0.2, -0.15) is 0 Å². The van der Waals surface area contributed by atoms with Gasteiger partial charge in [0.1, 0.15) is 35.7 Å². The number of carbonyl (C=O) groups excluding carboxylic acids is 5. The highest BCUT2D eigenvalue weighted by Gasteiger charge is 2.63. The number of hydrogen-bond acceptors (Lipinski definition) is 11. The van der Waals surface area contributed by atoms with Crippen molar-refractivity contribution in [2.24, 2.45) is 16.7 Å². The molecule has 3 N–H and O–H groups in total. The minimum absolute atomic E-state index is 0.000291. The number of likely N-dealkylation sites (tertiary alicyclic amines) is 2. The molecule has 6 bridgehead atoms. The zero-order valence-electron chi connectivity index (χ0n) is 45.6. The second kappa shape index (κ2) is 20.6. The van der Waals surface area contributed by atoms with Crippen LogP contribution in [-0.2, 0) is 41.6 Å². The van der Waals surface area contributed by atoms with Crippen LogP contribution >= 0.6 is 0 Å². The third-order valence-electron chi connectivity index (χ3n) is 17.2. The van der Waals surface area contributed by atoms with E-state index >= 15 is 9.18 Å². The van der Waals surface area contributed by atoms with Gasteiger partial charge in [-0.05, 0) is 123 Å². The number of halogens is 1. The normalized spacial score (nSPS) is 25.3. The Morgan fingerprint density at radius 2 is 1.75 bits per heavy atom. The zero-order valence-corrected chi connectivity index (χ0v) is 45.6. The van der Waals surface area contributed by atoms with Gasteiger partial charge in [-0.3, -0.25) is 34.5 Å². The van der Waals surface area contributed by atoms with Crippen molar-refractivity contribution in [3.05, 3.63) is 89.5 Å². The highest BCUT2D eigenvalue weighted by Crippen LogP contribution is 2.57. The molecule has 10 rings (SSSR count). The quantitative estimate of drug-likeness (QED) is 0.0982. The summed E-state index contributed by atoms with van der Waals surface area (Å²) in [6, 6.07) is 13.0. The Balaban J connectivity index is 0.937. The number of hydrazine groups is 1. The molecule has 2 spiro atoms. The predicted octanol–water partition coefficient (Wildman–Crippen LogP) is 6.23. The lowest BCUT2D eigenvalue weighted by Crippen LogP contribution is -2.60. The number of aryl methyl sites for hydroxylation is 1. The predicted molar refractivity (Wildman–Crippen MR) is 287 cm³/mol. The summed E-state index contributed by atoms with van der Waals surface area (Å²) in [5.41, 5.74) is 7.74. The first kappa shape index (κ1) is 53.2. The average molecular weight is 1040 g/mol. The number of ether oxygens (including phenoxy) is 2. The molecular formula is C58H75FN10O7. The number of urea groups is 1. The molecule has 76 heavy (non-hydrogen) atoms. The number of methoxy groups -OCH3 is 1. The average Bonchev–Trinajstić information content (AvgIpc) is 3.96. The van der Waals surface area contributed by atoms with Crippen LogP contribution in [0.15, 0.2) is 66.9 Å². The number of rotatable bonds is 9. The van der Waals surface area contributed by atoms with Gasteiger partial charge in [-0.1, -0.05) is 45.9 Å². The summed E-state index contributed by atoms with van der Waals surface area (Å²) >= 11 is 0. The van der Waals surface area contributed by atoms with E-state index in [-0.39, 0.29) is 48.8 Å². The van der Waals surface area contributed by atoms with Crippen molar-refractivity contribution in [1.29, 1.82) is 0 Å². The minimum atomic E-state index is -1.44. The third-order valence-corrected chi connectivity index (χ3v) is 17.2. The highest BCUT2D eigenvalue weighted by atomic mass is 19.1. The SMILES string of the molecule is CCn1c2c3c4cc(ccc41)-c1cc(F)cc(c1)C[C@@]1(NC1NC(=O)[C@H](C(C)C)N(C)C(=O)N1CCC4(CCN(C(=O)/C=C/CN(C)C)C4)CC1)C(=O)N1CCC[C@H](N1)C(=O)OCC(C)(C)C3[C@H](OC)c1ncccc1-2. The summed E-state index contributed by atoms with van der Waals surface area (Å²) in [5.74, 6) is -2.44. The van der Waals surface area contributed by atoms with Crippen molar-refractivity contribution in [2.45, 2.75) is 115 Å². The number of piperidine rings is 1. The lowest BCUT2D eigenvalue weighted by molar-refractivity contribution is -0.156. The molecule has 4 saturated heterocycles. The Kier molecular flexibility index (Phi) is 14.4. The maximum Gasteiger partial charge on any atom is 0.324 e. The van der Waals surface area contributed by atoms with Crippen LogP contribution in [0.3, 0.4) is 0 Å². The van der Waals surface area contributed by atoms with Gasteiger partial charge in [0.2, 0.25) is 11.8 Å². The highest BCUT2D eigenvalue weighted by molar-refractivity contribution is 5.98. The third kappa shape index (κ3) is 9.68. The van der Waals surface area contributed by atoms with Gasteiger partial charge in [0, 0.05) is 106 Å². The topological polar surface area (TPSA) is 184 Å². The van der Waals surface area contributed by atoms with Crippen LogP contribution in [0.5, 0.6) is 0 Å². The number of hydrogen-bond donors (Lipinski definition) is 3. The second-order valence-electron chi connectivity index (χ2n) is 23.5. The lowest BCUT2D eigenvalue weighted by atomic mass is 9.67. The van der Waals surface area contributed by atoms with Gasteiger partial charge in [0.05, 0.1) is 18.0 Å². The van der Waals surface area contributed by atoms with E-state index in [0.29, 0.717) is 63.2 Å². The van der Waals surface area contributed by atoms with Gasteiger partial charge < -0.3 is 39.0 Å². The van der Waals surface area contributed by atoms with Gasteiger partial charge >= 0.3 is 12.0 Å². The number of aromatic nitrogens is 2. The van der Waals surface area contributed by atoms with E-state index < -0.39 is 58.9 Å². The molecule has 0 radical (unpaired) electrons. The fourth-order valence-electron chi connectivity index (χ4n) is 13.2. The zero-order chi connectivity index (χ0) is 54.0. The number of carbonyl (C=O) groups is 5. The van der Waals surface area contributed by atoms with Crippen LogP contribution in [0.1, 0.15) is 95.6 Å². The molecule has 5 amide bonds. The van der Waals surface area contributed by atoms with Crippen molar-refractivity contribution >= 4 is 40.6 Å². The van der Waals surface area contributed by atoms with E-state index in [1.165, 1.54) is 22.0 Å². The first-order valence-corrected chi connectivity index (χ1v) is 27.2. The largest absolute Gasteiger partial charge is 0.464 e. The molecule has 1 aliphatic carbocycles. The number of pyridine rings is 1. The Bertz CT molecular complexity index is 2960. The smallest absolute Gasteiger partial charge is 0.324 e. The molecule has 4 aromatic rings. The van der Waals surface area contributed by atoms with E-state index in [4.69, 9.17) is 14.5 Å². The van der Waals surface area contributed by atoms with E-state index in [9.17, 15) is 19.2 Å². The van der Waals surface area contributed by atoms with Gasteiger partial charge in [-0.25, -0.2) is 14.6 Å². The van der Waals surface area contributed by atoms with Crippen molar-refractivity contribution in [3.8, 4) is 22.4 Å². The van der Waals surface area contributed by atoms with Crippen LogP contribution in [0, 0.1) is 22.6 Å². The van der Waals surface area contributed by atoms with Crippen LogP contribution in [0.2, 0.25) is 0 Å². The van der Waals surface area contributed by atoms with Crippen LogP contribution in [0.4, 0.5) is 9.18 Å². The van der Waals surface area contributed by atoms with Gasteiger partial charge in [0.25, 0.3) is 5.91 Å². The molecule has 5 aliphatic heterocycles. The summed E-state index contributed by atoms with van der Waals surface area (Å²) in [6.45, 7) is 14.1. The van der Waals surface area contributed by atoms with Crippen molar-refractivity contribution in [1.82, 2.24) is 50.2 Å². The molecule has 6 aliphatic rings. The number of likely N-dealkylation sites (N-methyl/N-ethyl adjacent to an activating group) is 2. The van der Waals surface area contributed by atoms with Crippen molar-refractivity contribution in [2.75, 3.05) is 74.1 Å². The molecule has 4 fully saturated rings. The number of nitrogens with zero attached hydrogens (tertiary/aromatic N) is 7. The summed E-state index contributed by atoms with van der Waals surface area (Å²) in [4.78, 5) is 83.4. The van der Waals surface area contributed by atoms with E-state index in [1.807, 2.05) is 62.0 Å². The maximum atomic E-state index is 16.2. The van der Waals surface area contributed by atoms with Gasteiger partial charge in [-0.15, -0.1) is 0 Å². The Hall–Kier alpha value is -6.21. The molecule has 6 atom stereocenters. The molecule has 0 saturated carbocycles. The van der Waals surface area contributed by atoms with Crippen molar-refractivity contribution in [3.63, 3.8) is 0 Å². The summed E-state index contributed by atoms with van der Waals surface area (Å²) in [5, 5.41) is 8.82. The molecule has 17 nitrogen and oxygen atoms in total. The van der Waals surface area contributed by atoms with Crippen molar-refractivity contribution < 1.29 is 37.8 Å². The summed E-state index contributed by atoms with van der Waals surface area (Å²) in [6.07, 6.45) is 7.24. The Morgan fingerprint density at radius 1 is 1.00 bits per heavy atom. The fourth-order valence-corrected chi connectivity index (χ4v) is 13.2. The van der Waals surface area contributed by atoms with Crippen LogP contribution in [-0.4, -0.2) is 162 Å². The Labute approximate surface area is 445 Å². The first-order chi connectivity index (χ1) is 36.3. The fraction of sp³-hybridized carbons (Fsp3) is 0.552. The number of amides is 5. The number of fused-ring (bicyclic) bond motifs is 8. The molecular weight excluding hydrogens is 968 g/mol. The number of nitrogens with one attached hydrogen (secondary N) is 3. The van der Waals surface area contributed by atoms with E-state index in [2.05, 4.69) is 59.6 Å². The van der Waals surface area contributed by atoms with Crippen LogP contribution < -0.4 is 16.1 Å². The number of esters is 1. The van der Waals surface area contributed by atoms with E-state index in [0.717, 1.165) is 58.2 Å². The standard InChI is InChI=1S/C58H75FN10O7/c1-10-68-43-18-17-37-31-41(43)45-46(50(75-9)47-40(49(45)68)14-11-22-60-47)56(4,5)34-76-52(72)42-15-12-24-69(63-42)54(73)58(32-36-28-38(37)30-39(59)29-36)53(62-58)61-51(71)48(35(2)3)65(8)55(74)66-25-19-57(20-26-66)21-27-67(33-57)44(70)16-13-23-64(6)7/h11,13-14,16-18,22,28-31,35,42,46,48,50,53,62-63H,10,12,15,19-21,23-27,32-34H2,1-9H3,(H,61,71)/b16-13+/t42-,46?,48-,50-,53?,58-/m0/s1. The maximum absolute atomic E-state index is 16.2. The molecule has 2 aromatic carbocycles. The molecule has 7 heterocycles. The molecule has 2 aromatic heterocycles. The minimum Gasteiger partial charge on any atom is -0.464 e. The summed E-state index contributed by atoms with van der Waals surface area (Å²) < 4.78 is 31.2. The van der Waals surface area contributed by atoms with Gasteiger partial charge in [0.15, 0.2) is 0 Å². The Morgan fingerprint density at radius 3 is 2.46 bits per heavy atom. The molecule has 2 unspecified atom stereocenters. The lowest BCUT2D eigenvalue weighted by Gasteiger charge is -2.42. The monoisotopic (exact) mass is 1040 g/mol. The second-order valence-corrected chi connectivity index (χ2v) is 23.5. The first-order valence-electron chi connectivity index (χ1n) is 27.2. The number of benzene rings is 2. The molecule has 18 heteroatoms. The number of cyclic esters (lactones) is 1. The molecule has 406 valence electrons. The summed E-state index contributed by atoms with van der Waals surface area (Å²) in [7, 11) is 7.25. The van der Waals surface area contributed by atoms with E-state index in [1.54, 1.807) is 31.3 Å². The van der Waals surface area contributed by atoms with Crippen LogP contribution in [0.25, 0.3) is 33.3 Å².